The average Bonchev–Trinajstić information content (AvgIpc) is 2.73. The highest BCUT2D eigenvalue weighted by molar-refractivity contribution is 7.92. The monoisotopic (exact) mass is 479 g/mol. The normalized spacial score (nSPS) is 12.2. The summed E-state index contributed by atoms with van der Waals surface area (Å²) in [4.78, 5) is 26.8. The fraction of sp³-hybridized carbons (Fsp3) is 0.391. The predicted octanol–water partition coefficient (Wildman–Crippen LogP) is 3.36. The third-order valence-corrected chi connectivity index (χ3v) is 6.53. The fourth-order valence-corrected chi connectivity index (χ4v) is 4.58. The molecule has 0 saturated carbocycles. The number of nitrogens with zero attached hydrogens (tertiary/aromatic N) is 2. The van der Waals surface area contributed by atoms with Gasteiger partial charge < -0.3 is 10.2 Å². The second kappa shape index (κ2) is 11.3. The Labute approximate surface area is 195 Å². The molecule has 0 aliphatic rings. The van der Waals surface area contributed by atoms with E-state index in [0.29, 0.717) is 17.1 Å². The Kier molecular flexibility index (Phi) is 9.09. The van der Waals surface area contributed by atoms with Crippen LogP contribution in [0, 0.1) is 6.92 Å². The van der Waals surface area contributed by atoms with Crippen molar-refractivity contribution in [2.45, 2.75) is 39.3 Å². The van der Waals surface area contributed by atoms with E-state index in [2.05, 4.69) is 5.32 Å². The maximum Gasteiger partial charge on any atom is 0.242 e. The predicted molar refractivity (Wildman–Crippen MR) is 128 cm³/mol. The van der Waals surface area contributed by atoms with Gasteiger partial charge in [0.2, 0.25) is 21.8 Å². The van der Waals surface area contributed by atoms with Crippen LogP contribution >= 0.6 is 11.6 Å². The summed E-state index contributed by atoms with van der Waals surface area (Å²) < 4.78 is 26.0. The minimum absolute atomic E-state index is 0.0970. The van der Waals surface area contributed by atoms with Gasteiger partial charge in [-0.15, -0.1) is 0 Å². The number of likely N-dealkylation sites (N-methyl/N-ethyl adjacent to an activating group) is 1. The van der Waals surface area contributed by atoms with Crippen LogP contribution in [-0.4, -0.2) is 51.0 Å². The molecule has 0 aliphatic carbocycles. The Morgan fingerprint density at radius 3 is 2.41 bits per heavy atom. The number of aryl methyl sites for hydroxylation is 1. The Morgan fingerprint density at radius 1 is 1.12 bits per heavy atom. The molecular formula is C23H30ClN3O4S. The van der Waals surface area contributed by atoms with Gasteiger partial charge in [0.1, 0.15) is 6.04 Å². The summed E-state index contributed by atoms with van der Waals surface area (Å²) in [5, 5.41) is 3.12. The summed E-state index contributed by atoms with van der Waals surface area (Å²) >= 11 is 6.06. The number of carbonyl (C=O) groups excluding carboxylic acids is 2. The molecule has 0 radical (unpaired) electrons. The van der Waals surface area contributed by atoms with Crippen molar-refractivity contribution in [2.24, 2.45) is 0 Å². The maximum atomic E-state index is 13.1. The van der Waals surface area contributed by atoms with Crippen molar-refractivity contribution in [2.75, 3.05) is 24.2 Å². The van der Waals surface area contributed by atoms with E-state index in [1.54, 1.807) is 43.3 Å². The first-order chi connectivity index (χ1) is 15.0. The third-order valence-electron chi connectivity index (χ3n) is 5.10. The summed E-state index contributed by atoms with van der Waals surface area (Å²) in [5.74, 6) is -0.517. The Balaban J connectivity index is 2.14. The number of anilines is 1. The van der Waals surface area contributed by atoms with Crippen LogP contribution < -0.4 is 9.62 Å². The molecule has 2 rings (SSSR count). The minimum atomic E-state index is -3.51. The SMILES string of the molecule is CNC(=O)[C@@H](C)N(Cc1cccc(Cl)c1)C(=O)CCCN(c1cccc(C)c1)S(C)(=O)=O. The van der Waals surface area contributed by atoms with Gasteiger partial charge in [-0.25, -0.2) is 8.42 Å². The van der Waals surface area contributed by atoms with Crippen LogP contribution in [0.5, 0.6) is 0 Å². The molecule has 0 bridgehead atoms. The summed E-state index contributed by atoms with van der Waals surface area (Å²) in [6, 6.07) is 13.6. The smallest absolute Gasteiger partial charge is 0.242 e. The minimum Gasteiger partial charge on any atom is -0.357 e. The molecule has 0 spiro atoms. The number of hydrogen-bond donors (Lipinski definition) is 1. The first-order valence-electron chi connectivity index (χ1n) is 10.3. The molecule has 2 amide bonds. The van der Waals surface area contributed by atoms with Crippen LogP contribution in [0.1, 0.15) is 30.9 Å². The van der Waals surface area contributed by atoms with Crippen molar-refractivity contribution < 1.29 is 18.0 Å². The first-order valence-corrected chi connectivity index (χ1v) is 12.6. The lowest BCUT2D eigenvalue weighted by Gasteiger charge is -2.29. The molecule has 0 saturated heterocycles. The quantitative estimate of drug-likeness (QED) is 0.566. The zero-order valence-electron chi connectivity index (χ0n) is 18.8. The van der Waals surface area contributed by atoms with Crippen LogP contribution in [0.4, 0.5) is 5.69 Å². The molecule has 0 aromatic heterocycles. The van der Waals surface area contributed by atoms with Crippen molar-refractivity contribution in [3.8, 4) is 0 Å². The maximum absolute atomic E-state index is 13.1. The van der Waals surface area contributed by atoms with E-state index >= 15 is 0 Å². The molecule has 174 valence electrons. The molecular weight excluding hydrogens is 450 g/mol. The summed E-state index contributed by atoms with van der Waals surface area (Å²) in [7, 11) is -1.99. The highest BCUT2D eigenvalue weighted by atomic mass is 35.5. The van der Waals surface area contributed by atoms with Crippen molar-refractivity contribution in [3.05, 3.63) is 64.7 Å². The molecule has 2 aromatic carbocycles. The van der Waals surface area contributed by atoms with E-state index in [9.17, 15) is 18.0 Å². The molecule has 1 N–H and O–H groups in total. The number of nitrogens with one attached hydrogen (secondary N) is 1. The van der Waals surface area contributed by atoms with Gasteiger partial charge in [-0.1, -0.05) is 35.9 Å². The largest absolute Gasteiger partial charge is 0.357 e. The third kappa shape index (κ3) is 7.24. The molecule has 0 heterocycles. The summed E-state index contributed by atoms with van der Waals surface area (Å²) in [5.41, 5.74) is 2.31. The number of sulfonamides is 1. The van der Waals surface area contributed by atoms with Gasteiger partial charge in [0.25, 0.3) is 0 Å². The van der Waals surface area contributed by atoms with Crippen molar-refractivity contribution in [1.82, 2.24) is 10.2 Å². The first kappa shape index (κ1) is 25.7. The Morgan fingerprint density at radius 2 is 1.81 bits per heavy atom. The topological polar surface area (TPSA) is 86.8 Å². The molecule has 32 heavy (non-hydrogen) atoms. The van der Waals surface area contributed by atoms with Gasteiger partial charge in [0, 0.05) is 31.6 Å². The van der Waals surface area contributed by atoms with Crippen molar-refractivity contribution in [3.63, 3.8) is 0 Å². The van der Waals surface area contributed by atoms with Crippen LogP contribution in [0.2, 0.25) is 5.02 Å². The van der Waals surface area contributed by atoms with Crippen molar-refractivity contribution in [1.29, 1.82) is 0 Å². The van der Waals surface area contributed by atoms with E-state index in [4.69, 9.17) is 11.6 Å². The number of rotatable bonds is 10. The standard InChI is InChI=1S/C23H30ClN3O4S/c1-17-8-5-11-21(14-17)27(32(4,30)31)13-7-12-22(28)26(18(2)23(29)25-3)16-19-9-6-10-20(24)15-19/h5-6,8-11,14-15,18H,7,12-13,16H2,1-4H3,(H,25,29)/t18-/m1/s1. The number of carbonyl (C=O) groups is 2. The van der Waals surface area contributed by atoms with Gasteiger partial charge in [-0.2, -0.15) is 0 Å². The highest BCUT2D eigenvalue weighted by Crippen LogP contribution is 2.20. The van der Waals surface area contributed by atoms with Crippen LogP contribution in [0.3, 0.4) is 0 Å². The molecule has 0 unspecified atom stereocenters. The second-order valence-corrected chi connectivity index (χ2v) is 10.1. The lowest BCUT2D eigenvalue weighted by molar-refractivity contribution is -0.140. The number of amides is 2. The lowest BCUT2D eigenvalue weighted by Crippen LogP contribution is -2.46. The van der Waals surface area contributed by atoms with E-state index in [-0.39, 0.29) is 31.3 Å². The molecule has 7 nitrogen and oxygen atoms in total. The average molecular weight is 480 g/mol. The number of benzene rings is 2. The molecule has 0 fully saturated rings. The molecule has 1 atom stereocenters. The summed E-state index contributed by atoms with van der Waals surface area (Å²) in [6.45, 7) is 3.94. The van der Waals surface area contributed by atoms with E-state index in [0.717, 1.165) is 17.4 Å². The lowest BCUT2D eigenvalue weighted by atomic mass is 10.1. The van der Waals surface area contributed by atoms with Crippen LogP contribution in [0.15, 0.2) is 48.5 Å². The summed E-state index contributed by atoms with van der Waals surface area (Å²) in [6.07, 6.45) is 1.56. The zero-order chi connectivity index (χ0) is 23.9. The van der Waals surface area contributed by atoms with E-state index in [1.807, 2.05) is 19.1 Å². The molecule has 2 aromatic rings. The van der Waals surface area contributed by atoms with Gasteiger partial charge >= 0.3 is 0 Å². The molecule has 0 aliphatic heterocycles. The van der Waals surface area contributed by atoms with Gasteiger partial charge in [0.15, 0.2) is 0 Å². The van der Waals surface area contributed by atoms with Gasteiger partial charge in [0.05, 0.1) is 11.9 Å². The Hall–Kier alpha value is -2.58. The van der Waals surface area contributed by atoms with Crippen LogP contribution in [-0.2, 0) is 26.2 Å². The van der Waals surface area contributed by atoms with Gasteiger partial charge in [-0.3, -0.25) is 13.9 Å². The van der Waals surface area contributed by atoms with Crippen molar-refractivity contribution >= 4 is 39.1 Å². The van der Waals surface area contributed by atoms with Crippen LogP contribution in [0.25, 0.3) is 0 Å². The highest BCUT2D eigenvalue weighted by Gasteiger charge is 2.26. The molecule has 9 heteroatoms. The second-order valence-electron chi connectivity index (χ2n) is 7.72. The Bertz CT molecular complexity index is 1060. The van der Waals surface area contributed by atoms with E-state index < -0.39 is 16.1 Å². The number of hydrogen-bond acceptors (Lipinski definition) is 4. The fourth-order valence-electron chi connectivity index (χ4n) is 3.41. The van der Waals surface area contributed by atoms with E-state index in [1.165, 1.54) is 16.3 Å². The van der Waals surface area contributed by atoms with Gasteiger partial charge in [-0.05, 0) is 55.7 Å². The number of halogens is 1. The zero-order valence-corrected chi connectivity index (χ0v) is 20.4.